The molecule has 0 heterocycles. The molecule has 0 radical (unpaired) electrons. The summed E-state index contributed by atoms with van der Waals surface area (Å²) in [5.74, 6) is 0.639. The Hall–Kier alpha value is -0.820. The molecule has 0 saturated heterocycles. The van der Waals surface area contributed by atoms with Crippen LogP contribution in [0.5, 0.6) is 0 Å². The Morgan fingerprint density at radius 3 is 2.00 bits per heavy atom. The van der Waals surface area contributed by atoms with E-state index in [-0.39, 0.29) is 0 Å². The van der Waals surface area contributed by atoms with Crippen molar-refractivity contribution in [1.29, 1.82) is 0 Å². The van der Waals surface area contributed by atoms with Crippen LogP contribution in [0.3, 0.4) is 0 Å². The Labute approximate surface area is 80.0 Å². The number of rotatable bonds is 1. The third-order valence-corrected chi connectivity index (χ3v) is 2.95. The Kier molecular flexibility index (Phi) is 1.92. The Morgan fingerprint density at radius 2 is 1.62 bits per heavy atom. The molecule has 2 atom stereocenters. The van der Waals surface area contributed by atoms with Crippen LogP contribution in [0.4, 0.5) is 0 Å². The maximum atomic E-state index is 5.87. The minimum Gasteiger partial charge on any atom is -0.327 e. The highest BCUT2D eigenvalue weighted by Gasteiger charge is 2.36. The van der Waals surface area contributed by atoms with Crippen LogP contribution in [0.2, 0.25) is 0 Å². The van der Waals surface area contributed by atoms with Gasteiger partial charge in [0, 0.05) is 12.0 Å². The van der Waals surface area contributed by atoms with Gasteiger partial charge in [0.05, 0.1) is 0 Å². The zero-order chi connectivity index (χ0) is 9.59. The second kappa shape index (κ2) is 2.85. The summed E-state index contributed by atoms with van der Waals surface area (Å²) in [5, 5.41) is 0. The van der Waals surface area contributed by atoms with Crippen molar-refractivity contribution in [1.82, 2.24) is 0 Å². The quantitative estimate of drug-likeness (QED) is 0.697. The lowest BCUT2D eigenvalue weighted by Gasteiger charge is -2.10. The molecule has 1 nitrogen and oxygen atoms in total. The van der Waals surface area contributed by atoms with Crippen molar-refractivity contribution >= 4 is 0 Å². The van der Waals surface area contributed by atoms with Crippen LogP contribution in [-0.2, 0) is 0 Å². The van der Waals surface area contributed by atoms with Gasteiger partial charge in [-0.1, -0.05) is 17.7 Å². The summed E-state index contributed by atoms with van der Waals surface area (Å²) in [4.78, 5) is 0. The normalized spacial score (nSPS) is 26.2. The number of benzene rings is 1. The fraction of sp³-hybridized carbons (Fsp3) is 0.500. The summed E-state index contributed by atoms with van der Waals surface area (Å²) >= 11 is 0. The Bertz CT molecular complexity index is 318. The van der Waals surface area contributed by atoms with Gasteiger partial charge in [-0.15, -0.1) is 0 Å². The lowest BCUT2D eigenvalue weighted by atomic mass is 9.96. The minimum absolute atomic E-state index is 0.417. The molecule has 0 spiro atoms. The van der Waals surface area contributed by atoms with E-state index in [9.17, 15) is 0 Å². The number of aryl methyl sites for hydroxylation is 3. The lowest BCUT2D eigenvalue weighted by molar-refractivity contribution is 0.967. The average Bonchev–Trinajstić information content (AvgIpc) is 2.64. The minimum atomic E-state index is 0.417. The van der Waals surface area contributed by atoms with Gasteiger partial charge in [0.1, 0.15) is 0 Å². The van der Waals surface area contributed by atoms with Gasteiger partial charge >= 0.3 is 0 Å². The maximum absolute atomic E-state index is 5.87. The van der Waals surface area contributed by atoms with E-state index in [2.05, 4.69) is 32.9 Å². The molecule has 2 N–H and O–H groups in total. The largest absolute Gasteiger partial charge is 0.327 e. The number of hydrogen-bond acceptors (Lipinski definition) is 1. The van der Waals surface area contributed by atoms with Gasteiger partial charge in [0.2, 0.25) is 0 Å². The molecule has 1 aliphatic rings. The van der Waals surface area contributed by atoms with Crippen molar-refractivity contribution in [3.63, 3.8) is 0 Å². The molecule has 1 saturated carbocycles. The van der Waals surface area contributed by atoms with Crippen molar-refractivity contribution in [2.75, 3.05) is 0 Å². The van der Waals surface area contributed by atoms with Crippen LogP contribution in [0.15, 0.2) is 12.1 Å². The number of nitrogens with two attached hydrogens (primary N) is 1. The molecule has 2 rings (SSSR count). The van der Waals surface area contributed by atoms with Crippen molar-refractivity contribution in [3.8, 4) is 0 Å². The van der Waals surface area contributed by atoms with E-state index in [0.29, 0.717) is 12.0 Å². The molecule has 0 aromatic heterocycles. The van der Waals surface area contributed by atoms with Crippen LogP contribution < -0.4 is 5.73 Å². The molecule has 1 fully saturated rings. The van der Waals surface area contributed by atoms with Gasteiger partial charge in [0.15, 0.2) is 0 Å². The van der Waals surface area contributed by atoms with Crippen LogP contribution in [0, 0.1) is 20.8 Å². The Balaban J connectivity index is 2.45. The second-order valence-electron chi connectivity index (χ2n) is 4.32. The second-order valence-corrected chi connectivity index (χ2v) is 4.32. The fourth-order valence-corrected chi connectivity index (χ4v) is 2.32. The van der Waals surface area contributed by atoms with E-state index < -0.39 is 0 Å². The van der Waals surface area contributed by atoms with Crippen molar-refractivity contribution in [3.05, 3.63) is 34.4 Å². The van der Waals surface area contributed by atoms with Gasteiger partial charge in [-0.3, -0.25) is 0 Å². The predicted octanol–water partition coefficient (Wildman–Crippen LogP) is 2.43. The molecule has 1 aromatic rings. The molecule has 1 aromatic carbocycles. The summed E-state index contributed by atoms with van der Waals surface area (Å²) in [6.07, 6.45) is 1.17. The summed E-state index contributed by atoms with van der Waals surface area (Å²) in [6.45, 7) is 6.54. The molecule has 1 aliphatic carbocycles. The van der Waals surface area contributed by atoms with E-state index in [1.54, 1.807) is 0 Å². The zero-order valence-corrected chi connectivity index (χ0v) is 8.59. The first kappa shape index (κ1) is 8.76. The van der Waals surface area contributed by atoms with Crippen LogP contribution >= 0.6 is 0 Å². The van der Waals surface area contributed by atoms with Gasteiger partial charge in [-0.25, -0.2) is 0 Å². The maximum Gasteiger partial charge on any atom is 0.0115 e. The highest BCUT2D eigenvalue weighted by atomic mass is 14.7. The summed E-state index contributed by atoms with van der Waals surface area (Å²) in [7, 11) is 0. The Morgan fingerprint density at radius 1 is 1.15 bits per heavy atom. The first-order valence-corrected chi connectivity index (χ1v) is 4.93. The molecule has 13 heavy (non-hydrogen) atoms. The molecule has 0 aliphatic heterocycles. The lowest BCUT2D eigenvalue weighted by Crippen LogP contribution is -2.03. The van der Waals surface area contributed by atoms with Crippen molar-refractivity contribution in [2.24, 2.45) is 5.73 Å². The highest BCUT2D eigenvalue weighted by molar-refractivity contribution is 5.43. The SMILES string of the molecule is Cc1cc(C)c(C2CC2N)c(C)c1. The van der Waals surface area contributed by atoms with E-state index in [4.69, 9.17) is 5.73 Å². The summed E-state index contributed by atoms with van der Waals surface area (Å²) in [5.41, 5.74) is 11.6. The summed E-state index contributed by atoms with van der Waals surface area (Å²) in [6, 6.07) is 4.93. The predicted molar refractivity (Wildman–Crippen MR) is 56.0 cm³/mol. The third-order valence-electron chi connectivity index (χ3n) is 2.95. The smallest absolute Gasteiger partial charge is 0.0115 e. The molecule has 1 heteroatoms. The van der Waals surface area contributed by atoms with Crippen LogP contribution in [0.1, 0.15) is 34.6 Å². The first-order valence-electron chi connectivity index (χ1n) is 4.93. The van der Waals surface area contributed by atoms with E-state index in [1.165, 1.54) is 28.7 Å². The topological polar surface area (TPSA) is 26.0 Å². The monoisotopic (exact) mass is 175 g/mol. The zero-order valence-electron chi connectivity index (χ0n) is 8.59. The molecular weight excluding hydrogens is 158 g/mol. The highest BCUT2D eigenvalue weighted by Crippen LogP contribution is 2.42. The standard InChI is InChI=1S/C12H17N/c1-7-4-8(2)12(9(3)5-7)10-6-11(10)13/h4-5,10-11H,6,13H2,1-3H3. The van der Waals surface area contributed by atoms with Gasteiger partial charge in [0.25, 0.3) is 0 Å². The molecule has 0 bridgehead atoms. The van der Waals surface area contributed by atoms with E-state index >= 15 is 0 Å². The van der Waals surface area contributed by atoms with E-state index in [0.717, 1.165) is 0 Å². The average molecular weight is 175 g/mol. The first-order chi connectivity index (χ1) is 6.09. The van der Waals surface area contributed by atoms with Crippen molar-refractivity contribution in [2.45, 2.75) is 39.2 Å². The van der Waals surface area contributed by atoms with Crippen LogP contribution in [0.25, 0.3) is 0 Å². The van der Waals surface area contributed by atoms with Gasteiger partial charge < -0.3 is 5.73 Å². The molecule has 2 unspecified atom stereocenters. The van der Waals surface area contributed by atoms with Crippen LogP contribution in [-0.4, -0.2) is 6.04 Å². The van der Waals surface area contributed by atoms with Gasteiger partial charge in [-0.2, -0.15) is 0 Å². The third kappa shape index (κ3) is 1.49. The van der Waals surface area contributed by atoms with Crippen molar-refractivity contribution < 1.29 is 0 Å². The number of hydrogen-bond donors (Lipinski definition) is 1. The van der Waals surface area contributed by atoms with Gasteiger partial charge in [-0.05, 0) is 43.9 Å². The fourth-order valence-electron chi connectivity index (χ4n) is 2.32. The van der Waals surface area contributed by atoms with E-state index in [1.807, 2.05) is 0 Å². The molecule has 70 valence electrons. The molecule has 0 amide bonds. The summed E-state index contributed by atoms with van der Waals surface area (Å²) < 4.78 is 0. The molecular formula is C12H17N.